The zero-order valence-corrected chi connectivity index (χ0v) is 8.53. The molecular weight excluding hydrogens is 196 g/mol. The number of aliphatic carboxylic acids is 1. The van der Waals surface area contributed by atoms with Crippen LogP contribution in [0.15, 0.2) is 0 Å². The van der Waals surface area contributed by atoms with Crippen molar-refractivity contribution in [2.24, 2.45) is 5.73 Å². The summed E-state index contributed by atoms with van der Waals surface area (Å²) in [4.78, 5) is 21.3. The van der Waals surface area contributed by atoms with Gasteiger partial charge in [-0.25, -0.2) is 0 Å². The lowest BCUT2D eigenvalue weighted by Crippen LogP contribution is -2.40. The van der Waals surface area contributed by atoms with Crippen molar-refractivity contribution in [3.8, 4) is 12.3 Å². The number of nitrogens with one attached hydrogen (secondary N) is 1. The molecule has 0 rings (SSSR count). The molecule has 0 spiro atoms. The predicted molar refractivity (Wildman–Crippen MR) is 55.9 cm³/mol. The van der Waals surface area contributed by atoms with Crippen LogP contribution in [-0.2, 0) is 9.59 Å². The Morgan fingerprint density at radius 1 is 1.47 bits per heavy atom. The first-order valence-electron chi connectivity index (χ1n) is 4.76. The summed E-state index contributed by atoms with van der Waals surface area (Å²) in [5.74, 6) is 1.18. The first-order valence-corrected chi connectivity index (χ1v) is 4.76. The molecule has 1 atom stereocenters. The Labute approximate surface area is 89.0 Å². The van der Waals surface area contributed by atoms with Gasteiger partial charge in [-0.15, -0.1) is 12.3 Å². The number of amides is 1. The van der Waals surface area contributed by atoms with Crippen LogP contribution < -0.4 is 11.1 Å². The van der Waals surface area contributed by atoms with E-state index in [1.807, 2.05) is 0 Å². The van der Waals surface area contributed by atoms with Gasteiger partial charge in [0.2, 0.25) is 5.91 Å². The highest BCUT2D eigenvalue weighted by atomic mass is 16.4. The molecule has 0 radical (unpaired) electrons. The summed E-state index contributed by atoms with van der Waals surface area (Å²) >= 11 is 0. The zero-order valence-electron chi connectivity index (χ0n) is 8.53. The second-order valence-electron chi connectivity index (χ2n) is 3.16. The average Bonchev–Trinajstić information content (AvgIpc) is 2.16. The SMILES string of the molecule is C#CCC(N)C(=O)NCCCCC(=O)O. The van der Waals surface area contributed by atoms with Crippen molar-refractivity contribution >= 4 is 11.9 Å². The average molecular weight is 212 g/mol. The van der Waals surface area contributed by atoms with E-state index in [0.717, 1.165) is 0 Å². The van der Waals surface area contributed by atoms with Crippen LogP contribution in [0.2, 0.25) is 0 Å². The molecule has 0 aliphatic carbocycles. The minimum absolute atomic E-state index is 0.117. The summed E-state index contributed by atoms with van der Waals surface area (Å²) in [6.45, 7) is 0.435. The topological polar surface area (TPSA) is 92.4 Å². The molecule has 84 valence electrons. The lowest BCUT2D eigenvalue weighted by Gasteiger charge is -2.08. The molecule has 0 heterocycles. The highest BCUT2D eigenvalue weighted by Gasteiger charge is 2.10. The number of hydrogen-bond acceptors (Lipinski definition) is 3. The van der Waals surface area contributed by atoms with Crippen LogP contribution in [0.3, 0.4) is 0 Å². The van der Waals surface area contributed by atoms with Crippen LogP contribution >= 0.6 is 0 Å². The van der Waals surface area contributed by atoms with Crippen LogP contribution in [0.5, 0.6) is 0 Å². The summed E-state index contributed by atoms with van der Waals surface area (Å²) < 4.78 is 0. The summed E-state index contributed by atoms with van der Waals surface area (Å²) in [6.07, 6.45) is 6.50. The zero-order chi connectivity index (χ0) is 11.7. The third-order valence-corrected chi connectivity index (χ3v) is 1.79. The first kappa shape index (κ1) is 13.5. The molecule has 1 unspecified atom stereocenters. The number of unbranched alkanes of at least 4 members (excludes halogenated alkanes) is 1. The summed E-state index contributed by atoms with van der Waals surface area (Å²) in [5.41, 5.74) is 5.44. The second kappa shape index (κ2) is 7.83. The number of carbonyl (C=O) groups excluding carboxylic acids is 1. The molecule has 0 saturated carbocycles. The third kappa shape index (κ3) is 7.52. The van der Waals surface area contributed by atoms with Gasteiger partial charge < -0.3 is 16.2 Å². The summed E-state index contributed by atoms with van der Waals surface area (Å²) in [5, 5.41) is 10.9. The standard InChI is InChI=1S/C10H16N2O3/c1-2-5-8(11)10(15)12-7-4-3-6-9(13)14/h1,8H,3-7,11H2,(H,12,15)(H,13,14). The van der Waals surface area contributed by atoms with E-state index in [0.29, 0.717) is 19.4 Å². The van der Waals surface area contributed by atoms with E-state index in [1.54, 1.807) is 0 Å². The fourth-order valence-electron chi connectivity index (χ4n) is 0.964. The van der Waals surface area contributed by atoms with Gasteiger partial charge in [0.1, 0.15) is 0 Å². The van der Waals surface area contributed by atoms with Gasteiger partial charge in [0, 0.05) is 19.4 Å². The van der Waals surface area contributed by atoms with E-state index < -0.39 is 12.0 Å². The van der Waals surface area contributed by atoms with Crippen molar-refractivity contribution in [2.75, 3.05) is 6.54 Å². The number of carboxylic acids is 1. The fraction of sp³-hybridized carbons (Fsp3) is 0.600. The molecule has 0 aromatic rings. The molecule has 15 heavy (non-hydrogen) atoms. The second-order valence-corrected chi connectivity index (χ2v) is 3.16. The van der Waals surface area contributed by atoms with Gasteiger partial charge in [-0.3, -0.25) is 9.59 Å². The number of terminal acetylenes is 1. The van der Waals surface area contributed by atoms with Gasteiger partial charge in [0.05, 0.1) is 6.04 Å². The van der Waals surface area contributed by atoms with Crippen molar-refractivity contribution in [1.82, 2.24) is 5.32 Å². The van der Waals surface area contributed by atoms with Gasteiger partial charge in [-0.1, -0.05) is 0 Å². The van der Waals surface area contributed by atoms with Crippen molar-refractivity contribution in [2.45, 2.75) is 31.7 Å². The monoisotopic (exact) mass is 212 g/mol. The van der Waals surface area contributed by atoms with Gasteiger partial charge in [-0.05, 0) is 12.8 Å². The molecule has 5 heteroatoms. The van der Waals surface area contributed by atoms with E-state index >= 15 is 0 Å². The lowest BCUT2D eigenvalue weighted by atomic mass is 10.2. The van der Waals surface area contributed by atoms with Gasteiger partial charge in [-0.2, -0.15) is 0 Å². The Bertz CT molecular complexity index is 258. The van der Waals surface area contributed by atoms with Crippen LogP contribution in [0.25, 0.3) is 0 Å². The van der Waals surface area contributed by atoms with Crippen LogP contribution in [-0.4, -0.2) is 29.6 Å². The van der Waals surface area contributed by atoms with E-state index in [-0.39, 0.29) is 18.7 Å². The number of nitrogens with two attached hydrogens (primary N) is 1. The summed E-state index contributed by atoms with van der Waals surface area (Å²) in [6, 6.07) is -0.672. The lowest BCUT2D eigenvalue weighted by molar-refractivity contribution is -0.137. The van der Waals surface area contributed by atoms with Crippen molar-refractivity contribution in [3.05, 3.63) is 0 Å². The molecule has 0 saturated heterocycles. The van der Waals surface area contributed by atoms with Crippen LogP contribution in [0.4, 0.5) is 0 Å². The third-order valence-electron chi connectivity index (χ3n) is 1.79. The van der Waals surface area contributed by atoms with E-state index in [2.05, 4.69) is 11.2 Å². The minimum atomic E-state index is -0.828. The molecule has 4 N–H and O–H groups in total. The smallest absolute Gasteiger partial charge is 0.303 e. The highest BCUT2D eigenvalue weighted by Crippen LogP contribution is 1.94. The maximum absolute atomic E-state index is 11.2. The van der Waals surface area contributed by atoms with E-state index in [4.69, 9.17) is 17.3 Å². The maximum Gasteiger partial charge on any atom is 0.303 e. The normalized spacial score (nSPS) is 11.5. The Balaban J connectivity index is 3.47. The molecular formula is C10H16N2O3. The first-order chi connectivity index (χ1) is 7.07. The van der Waals surface area contributed by atoms with E-state index in [9.17, 15) is 9.59 Å². The molecule has 0 bridgehead atoms. The van der Waals surface area contributed by atoms with Crippen molar-refractivity contribution in [3.63, 3.8) is 0 Å². The highest BCUT2D eigenvalue weighted by molar-refractivity contribution is 5.81. The largest absolute Gasteiger partial charge is 0.481 e. The maximum atomic E-state index is 11.2. The van der Waals surface area contributed by atoms with Crippen molar-refractivity contribution in [1.29, 1.82) is 0 Å². The predicted octanol–water partition coefficient (Wildman–Crippen LogP) is -0.292. The Hall–Kier alpha value is -1.54. The number of carbonyl (C=O) groups is 2. The molecule has 0 aromatic heterocycles. The molecule has 0 aromatic carbocycles. The van der Waals surface area contributed by atoms with Crippen molar-refractivity contribution < 1.29 is 14.7 Å². The fourth-order valence-corrected chi connectivity index (χ4v) is 0.964. The Morgan fingerprint density at radius 2 is 2.13 bits per heavy atom. The van der Waals surface area contributed by atoms with Gasteiger partial charge in [0.15, 0.2) is 0 Å². The molecule has 0 aliphatic heterocycles. The Morgan fingerprint density at radius 3 is 2.67 bits per heavy atom. The Kier molecular flexibility index (Phi) is 7.02. The van der Waals surface area contributed by atoms with Gasteiger partial charge in [0.25, 0.3) is 0 Å². The summed E-state index contributed by atoms with van der Waals surface area (Å²) in [7, 11) is 0. The number of rotatable bonds is 7. The molecule has 1 amide bonds. The number of hydrogen-bond donors (Lipinski definition) is 3. The van der Waals surface area contributed by atoms with Crippen LogP contribution in [0.1, 0.15) is 25.7 Å². The molecule has 5 nitrogen and oxygen atoms in total. The molecule has 0 fully saturated rings. The van der Waals surface area contributed by atoms with Gasteiger partial charge >= 0.3 is 5.97 Å². The minimum Gasteiger partial charge on any atom is -0.481 e. The number of carboxylic acid groups (broad SMARTS) is 1. The van der Waals surface area contributed by atoms with E-state index in [1.165, 1.54) is 0 Å². The quantitative estimate of drug-likeness (QED) is 0.399. The van der Waals surface area contributed by atoms with Crippen LogP contribution in [0, 0.1) is 12.3 Å². The molecule has 0 aliphatic rings.